The third-order valence-electron chi connectivity index (χ3n) is 1.92. The summed E-state index contributed by atoms with van der Waals surface area (Å²) >= 11 is 0. The number of carbonyl (C=O) groups is 1. The van der Waals surface area contributed by atoms with Crippen molar-refractivity contribution >= 4 is 5.91 Å². The van der Waals surface area contributed by atoms with Gasteiger partial charge in [-0.1, -0.05) is 0 Å². The van der Waals surface area contributed by atoms with Gasteiger partial charge in [-0.25, -0.2) is 0 Å². The van der Waals surface area contributed by atoms with E-state index in [2.05, 4.69) is 10.4 Å². The molecule has 1 amide bonds. The predicted octanol–water partition coefficient (Wildman–Crippen LogP) is 1.21. The van der Waals surface area contributed by atoms with Crippen LogP contribution in [0.5, 0.6) is 0 Å². The molecule has 15 heavy (non-hydrogen) atoms. The molecule has 0 aliphatic heterocycles. The van der Waals surface area contributed by atoms with Crippen molar-refractivity contribution in [2.45, 2.75) is 19.1 Å². The molecule has 1 unspecified atom stereocenters. The molecule has 0 aliphatic carbocycles. The molecule has 84 valence electrons. The highest BCUT2D eigenvalue weighted by molar-refractivity contribution is 5.79. The second-order valence-electron chi connectivity index (χ2n) is 2.97. The van der Waals surface area contributed by atoms with Gasteiger partial charge in [-0.3, -0.25) is 9.48 Å². The van der Waals surface area contributed by atoms with Crippen LogP contribution >= 0.6 is 0 Å². The monoisotopic (exact) mass is 221 g/mol. The van der Waals surface area contributed by atoms with Crippen molar-refractivity contribution in [2.24, 2.45) is 0 Å². The van der Waals surface area contributed by atoms with Crippen molar-refractivity contribution < 1.29 is 18.0 Å². The Labute approximate surface area is 84.1 Å². The molecule has 0 radical (unpaired) electrons. The minimum absolute atomic E-state index is 0.396. The minimum Gasteiger partial charge on any atom is -0.357 e. The van der Waals surface area contributed by atoms with E-state index < -0.39 is 23.8 Å². The lowest BCUT2D eigenvalue weighted by Gasteiger charge is -2.10. The first-order chi connectivity index (χ1) is 6.86. The molecule has 1 rings (SSSR count). The highest BCUT2D eigenvalue weighted by atomic mass is 19.4. The number of alkyl halides is 3. The fourth-order valence-electron chi connectivity index (χ4n) is 1.03. The molecule has 0 saturated heterocycles. The van der Waals surface area contributed by atoms with Crippen LogP contribution in [0.2, 0.25) is 0 Å². The first-order valence-electron chi connectivity index (χ1n) is 4.20. The van der Waals surface area contributed by atoms with Crippen molar-refractivity contribution in [3.63, 3.8) is 0 Å². The summed E-state index contributed by atoms with van der Waals surface area (Å²) in [6.07, 6.45) is -3.35. The third kappa shape index (κ3) is 2.48. The molecule has 1 N–H and O–H groups in total. The van der Waals surface area contributed by atoms with Crippen LogP contribution in [0.25, 0.3) is 0 Å². The fraction of sp³-hybridized carbons (Fsp3) is 0.500. The van der Waals surface area contributed by atoms with Gasteiger partial charge < -0.3 is 5.32 Å². The summed E-state index contributed by atoms with van der Waals surface area (Å²) in [5.74, 6) is -0.396. The van der Waals surface area contributed by atoms with Gasteiger partial charge in [-0.15, -0.1) is 0 Å². The van der Waals surface area contributed by atoms with Crippen LogP contribution in [0.15, 0.2) is 12.3 Å². The lowest BCUT2D eigenvalue weighted by Crippen LogP contribution is -2.28. The van der Waals surface area contributed by atoms with Crippen molar-refractivity contribution in [2.75, 3.05) is 7.05 Å². The molecule has 7 heteroatoms. The molecule has 1 heterocycles. The average molecular weight is 221 g/mol. The highest BCUT2D eigenvalue weighted by Crippen LogP contribution is 2.27. The summed E-state index contributed by atoms with van der Waals surface area (Å²) in [4.78, 5) is 11.1. The molecule has 0 fully saturated rings. The van der Waals surface area contributed by atoms with Crippen molar-refractivity contribution in [3.8, 4) is 0 Å². The first kappa shape index (κ1) is 11.5. The van der Waals surface area contributed by atoms with Gasteiger partial charge in [0.25, 0.3) is 0 Å². The van der Waals surface area contributed by atoms with Crippen molar-refractivity contribution in [1.29, 1.82) is 0 Å². The summed E-state index contributed by atoms with van der Waals surface area (Å²) in [5, 5.41) is 5.61. The largest absolute Gasteiger partial charge is 0.435 e. The van der Waals surface area contributed by atoms with Gasteiger partial charge in [0, 0.05) is 13.2 Å². The van der Waals surface area contributed by atoms with Gasteiger partial charge in [0.2, 0.25) is 5.91 Å². The number of hydrogen-bond donors (Lipinski definition) is 1. The van der Waals surface area contributed by atoms with Gasteiger partial charge in [0.05, 0.1) is 0 Å². The van der Waals surface area contributed by atoms with Crippen molar-refractivity contribution in [3.05, 3.63) is 18.0 Å². The van der Waals surface area contributed by atoms with Gasteiger partial charge in [-0.05, 0) is 13.0 Å². The second kappa shape index (κ2) is 3.92. The molecule has 4 nitrogen and oxygen atoms in total. The molecule has 0 saturated carbocycles. The number of rotatable bonds is 2. The van der Waals surface area contributed by atoms with Crippen LogP contribution in [0.3, 0.4) is 0 Å². The summed E-state index contributed by atoms with van der Waals surface area (Å²) in [5.41, 5.74) is -1.00. The summed E-state index contributed by atoms with van der Waals surface area (Å²) < 4.78 is 37.5. The lowest BCUT2D eigenvalue weighted by molar-refractivity contribution is -0.142. The molecular formula is C8H10F3N3O. The number of amides is 1. The van der Waals surface area contributed by atoms with Crippen LogP contribution in [0.1, 0.15) is 18.7 Å². The number of carbonyl (C=O) groups excluding carboxylic acids is 1. The van der Waals surface area contributed by atoms with Crippen LogP contribution in [0, 0.1) is 0 Å². The Bertz CT molecular complexity index is 358. The maximum atomic E-state index is 12.2. The van der Waals surface area contributed by atoms with Crippen LogP contribution in [0.4, 0.5) is 13.2 Å². The summed E-state index contributed by atoms with van der Waals surface area (Å²) in [6, 6.07) is 0.0745. The molecule has 0 bridgehead atoms. The SMILES string of the molecule is CNC(=O)C(C)n1ccc(C(F)(F)F)n1. The smallest absolute Gasteiger partial charge is 0.357 e. The standard InChI is InChI=1S/C8H10F3N3O/c1-5(7(15)12-2)14-4-3-6(13-14)8(9,10)11/h3-5H,1-2H3,(H,12,15). The first-order valence-corrected chi connectivity index (χ1v) is 4.20. The van der Waals surface area contributed by atoms with E-state index in [0.29, 0.717) is 0 Å². The van der Waals surface area contributed by atoms with E-state index in [1.165, 1.54) is 14.0 Å². The second-order valence-corrected chi connectivity index (χ2v) is 2.97. The average Bonchev–Trinajstić information content (AvgIpc) is 2.63. The minimum atomic E-state index is -4.48. The zero-order valence-electron chi connectivity index (χ0n) is 8.17. The van der Waals surface area contributed by atoms with Gasteiger partial charge in [0.1, 0.15) is 6.04 Å². The van der Waals surface area contributed by atoms with E-state index in [9.17, 15) is 18.0 Å². The molecule has 1 aromatic heterocycles. The van der Waals surface area contributed by atoms with E-state index in [1.54, 1.807) is 0 Å². The number of likely N-dealkylation sites (N-methyl/N-ethyl adjacent to an activating group) is 1. The number of halogens is 3. The van der Waals surface area contributed by atoms with E-state index in [-0.39, 0.29) is 0 Å². The Balaban J connectivity index is 2.89. The number of nitrogens with zero attached hydrogens (tertiary/aromatic N) is 2. The normalized spacial score (nSPS) is 13.7. The zero-order valence-corrected chi connectivity index (χ0v) is 8.17. The van der Waals surface area contributed by atoms with Crippen LogP contribution < -0.4 is 5.32 Å². The maximum Gasteiger partial charge on any atom is 0.435 e. The van der Waals surface area contributed by atoms with E-state index >= 15 is 0 Å². The van der Waals surface area contributed by atoms with Gasteiger partial charge in [0.15, 0.2) is 5.69 Å². The molecular weight excluding hydrogens is 211 g/mol. The van der Waals surface area contributed by atoms with E-state index in [4.69, 9.17) is 0 Å². The van der Waals surface area contributed by atoms with Crippen molar-refractivity contribution in [1.82, 2.24) is 15.1 Å². The van der Waals surface area contributed by atoms with Gasteiger partial charge in [-0.2, -0.15) is 18.3 Å². The lowest BCUT2D eigenvalue weighted by atomic mass is 10.3. The molecule has 0 aromatic carbocycles. The Kier molecular flexibility index (Phi) is 3.01. The number of hydrogen-bond acceptors (Lipinski definition) is 2. The molecule has 0 spiro atoms. The Morgan fingerprint density at radius 1 is 1.60 bits per heavy atom. The number of nitrogens with one attached hydrogen (secondary N) is 1. The Morgan fingerprint density at radius 2 is 2.20 bits per heavy atom. The fourth-order valence-corrected chi connectivity index (χ4v) is 1.03. The summed E-state index contributed by atoms with van der Waals surface area (Å²) in [7, 11) is 1.41. The Hall–Kier alpha value is -1.53. The summed E-state index contributed by atoms with van der Waals surface area (Å²) in [6.45, 7) is 1.46. The number of aromatic nitrogens is 2. The predicted molar refractivity (Wildman–Crippen MR) is 46.0 cm³/mol. The molecule has 0 aliphatic rings. The zero-order chi connectivity index (χ0) is 11.6. The molecule has 1 aromatic rings. The third-order valence-corrected chi connectivity index (χ3v) is 1.92. The van der Waals surface area contributed by atoms with E-state index in [1.807, 2.05) is 0 Å². The van der Waals surface area contributed by atoms with Gasteiger partial charge >= 0.3 is 6.18 Å². The quantitative estimate of drug-likeness (QED) is 0.815. The topological polar surface area (TPSA) is 46.9 Å². The van der Waals surface area contributed by atoms with Crippen LogP contribution in [-0.2, 0) is 11.0 Å². The van der Waals surface area contributed by atoms with Crippen LogP contribution in [-0.4, -0.2) is 22.7 Å². The maximum absolute atomic E-state index is 12.2. The van der Waals surface area contributed by atoms with E-state index in [0.717, 1.165) is 16.9 Å². The molecule has 1 atom stereocenters. The Morgan fingerprint density at radius 3 is 2.60 bits per heavy atom. The highest BCUT2D eigenvalue weighted by Gasteiger charge is 2.34.